The molecule has 21 heavy (non-hydrogen) atoms. The largest absolute Gasteiger partial charge is 0.493 e. The maximum absolute atomic E-state index is 13.1. The summed E-state index contributed by atoms with van der Waals surface area (Å²) in [4.78, 5) is 16.3. The van der Waals surface area contributed by atoms with Crippen LogP contribution in [0.2, 0.25) is 0 Å². The molecule has 9 heteroatoms. The van der Waals surface area contributed by atoms with E-state index in [1.165, 1.54) is 12.1 Å². The Morgan fingerprint density at radius 2 is 1.81 bits per heavy atom. The van der Waals surface area contributed by atoms with Crippen molar-refractivity contribution in [2.75, 3.05) is 0 Å². The van der Waals surface area contributed by atoms with E-state index in [-0.39, 0.29) is 11.1 Å². The predicted molar refractivity (Wildman–Crippen MR) is 69.6 cm³/mol. The molecule has 4 nitrogen and oxygen atoms in total. The SMILES string of the molecule is O=c1[nH]c(C(F)(F)C(F)F)nc(O)c1-c1ccc(Br)cc1. The van der Waals surface area contributed by atoms with E-state index in [4.69, 9.17) is 0 Å². The van der Waals surface area contributed by atoms with E-state index in [1.54, 1.807) is 17.1 Å². The van der Waals surface area contributed by atoms with Crippen molar-refractivity contribution in [1.82, 2.24) is 9.97 Å². The van der Waals surface area contributed by atoms with Crippen LogP contribution in [-0.2, 0) is 5.92 Å². The van der Waals surface area contributed by atoms with Crippen LogP contribution in [0, 0.1) is 0 Å². The average Bonchev–Trinajstić information content (AvgIpc) is 2.39. The fourth-order valence-corrected chi connectivity index (χ4v) is 1.86. The molecule has 1 aromatic heterocycles. The van der Waals surface area contributed by atoms with E-state index in [0.717, 1.165) is 0 Å². The average molecular weight is 367 g/mol. The number of benzene rings is 1. The van der Waals surface area contributed by atoms with Crippen LogP contribution in [0.4, 0.5) is 17.6 Å². The van der Waals surface area contributed by atoms with Crippen LogP contribution in [-0.4, -0.2) is 21.5 Å². The van der Waals surface area contributed by atoms with Gasteiger partial charge in [0.2, 0.25) is 5.88 Å². The maximum atomic E-state index is 13.1. The van der Waals surface area contributed by atoms with Gasteiger partial charge in [-0.3, -0.25) is 4.79 Å². The van der Waals surface area contributed by atoms with Gasteiger partial charge in [-0.15, -0.1) is 0 Å². The fourth-order valence-electron chi connectivity index (χ4n) is 1.60. The Hall–Kier alpha value is -1.90. The summed E-state index contributed by atoms with van der Waals surface area (Å²) < 4.78 is 51.4. The number of aromatic amines is 1. The van der Waals surface area contributed by atoms with Crippen molar-refractivity contribution in [1.29, 1.82) is 0 Å². The molecule has 1 aromatic carbocycles. The van der Waals surface area contributed by atoms with Crippen molar-refractivity contribution in [2.24, 2.45) is 0 Å². The molecule has 0 saturated heterocycles. The number of rotatable bonds is 3. The molecule has 2 N–H and O–H groups in total. The Morgan fingerprint density at radius 3 is 2.29 bits per heavy atom. The molecule has 0 fully saturated rings. The molecule has 1 heterocycles. The van der Waals surface area contributed by atoms with Crippen LogP contribution in [0.5, 0.6) is 5.88 Å². The summed E-state index contributed by atoms with van der Waals surface area (Å²) in [5, 5.41) is 9.62. The Bertz CT molecular complexity index is 716. The predicted octanol–water partition coefficient (Wildman–Crippen LogP) is 3.26. The molecular formula is C12H7BrF4N2O2. The number of H-pyrrole nitrogens is 1. The summed E-state index contributed by atoms with van der Waals surface area (Å²) in [5.41, 5.74) is -1.31. The molecule has 112 valence electrons. The molecule has 0 amide bonds. The first-order chi connectivity index (χ1) is 9.73. The highest BCUT2D eigenvalue weighted by Crippen LogP contribution is 2.33. The summed E-state index contributed by atoms with van der Waals surface area (Å²) in [7, 11) is 0. The molecule has 0 aliphatic rings. The summed E-state index contributed by atoms with van der Waals surface area (Å²) in [6.07, 6.45) is -4.06. The lowest BCUT2D eigenvalue weighted by Crippen LogP contribution is -2.29. The minimum atomic E-state index is -4.66. The zero-order chi connectivity index (χ0) is 15.8. The van der Waals surface area contributed by atoms with Crippen molar-refractivity contribution in [3.8, 4) is 17.0 Å². The van der Waals surface area contributed by atoms with Gasteiger partial charge in [-0.05, 0) is 17.7 Å². The summed E-state index contributed by atoms with van der Waals surface area (Å²) in [5.74, 6) is -7.29. The highest BCUT2D eigenvalue weighted by atomic mass is 79.9. The van der Waals surface area contributed by atoms with E-state index in [9.17, 15) is 27.5 Å². The van der Waals surface area contributed by atoms with Gasteiger partial charge in [0.1, 0.15) is 5.56 Å². The van der Waals surface area contributed by atoms with Gasteiger partial charge < -0.3 is 10.1 Å². The molecule has 0 unspecified atom stereocenters. The number of hydrogen-bond donors (Lipinski definition) is 2. The number of alkyl halides is 4. The highest BCUT2D eigenvalue weighted by Gasteiger charge is 2.46. The Morgan fingerprint density at radius 1 is 1.24 bits per heavy atom. The molecule has 0 aliphatic heterocycles. The smallest absolute Gasteiger partial charge is 0.364 e. The van der Waals surface area contributed by atoms with E-state index in [0.29, 0.717) is 4.47 Å². The van der Waals surface area contributed by atoms with Crippen molar-refractivity contribution in [3.63, 3.8) is 0 Å². The van der Waals surface area contributed by atoms with Crippen molar-refractivity contribution in [3.05, 3.63) is 44.9 Å². The lowest BCUT2D eigenvalue weighted by atomic mass is 10.1. The third kappa shape index (κ3) is 2.92. The third-order valence-electron chi connectivity index (χ3n) is 2.62. The molecule has 2 rings (SSSR count). The van der Waals surface area contributed by atoms with Gasteiger partial charge in [-0.2, -0.15) is 13.8 Å². The molecule has 0 aliphatic carbocycles. The highest BCUT2D eigenvalue weighted by molar-refractivity contribution is 9.10. The first-order valence-electron chi connectivity index (χ1n) is 5.49. The monoisotopic (exact) mass is 366 g/mol. The number of hydrogen-bond acceptors (Lipinski definition) is 3. The number of aromatic hydroxyl groups is 1. The molecule has 2 aromatic rings. The number of nitrogens with one attached hydrogen (secondary N) is 1. The molecule has 0 radical (unpaired) electrons. The second-order valence-corrected chi connectivity index (χ2v) is 4.96. The zero-order valence-corrected chi connectivity index (χ0v) is 11.7. The summed E-state index contributed by atoms with van der Waals surface area (Å²) in [6, 6.07) is 5.97. The first-order valence-corrected chi connectivity index (χ1v) is 6.28. The van der Waals surface area contributed by atoms with Crippen LogP contribution < -0.4 is 5.56 Å². The van der Waals surface area contributed by atoms with Gasteiger partial charge in [0.05, 0.1) is 0 Å². The fraction of sp³-hybridized carbons (Fsp3) is 0.167. The minimum Gasteiger partial charge on any atom is -0.493 e. The van der Waals surface area contributed by atoms with E-state index in [1.807, 2.05) is 0 Å². The van der Waals surface area contributed by atoms with E-state index >= 15 is 0 Å². The zero-order valence-electron chi connectivity index (χ0n) is 10.1. The second-order valence-electron chi connectivity index (χ2n) is 4.04. The van der Waals surface area contributed by atoms with Crippen LogP contribution in [0.15, 0.2) is 33.5 Å². The molecule has 0 spiro atoms. The van der Waals surface area contributed by atoms with Gasteiger partial charge in [-0.1, -0.05) is 28.1 Å². The maximum Gasteiger partial charge on any atom is 0.364 e. The number of halogens is 5. The molecule has 0 bridgehead atoms. The quantitative estimate of drug-likeness (QED) is 0.819. The molecule has 0 saturated carbocycles. The van der Waals surface area contributed by atoms with Crippen LogP contribution in [0.3, 0.4) is 0 Å². The summed E-state index contributed by atoms with van der Waals surface area (Å²) in [6.45, 7) is 0. The first kappa shape index (κ1) is 15.5. The minimum absolute atomic E-state index is 0.205. The normalized spacial score (nSPS) is 11.9. The van der Waals surface area contributed by atoms with Gasteiger partial charge >= 0.3 is 12.3 Å². The van der Waals surface area contributed by atoms with Crippen LogP contribution in [0.1, 0.15) is 5.82 Å². The van der Waals surface area contributed by atoms with Gasteiger partial charge in [0, 0.05) is 4.47 Å². The second kappa shape index (κ2) is 5.47. The lowest BCUT2D eigenvalue weighted by Gasteiger charge is -2.14. The Labute approximate surface area is 123 Å². The topological polar surface area (TPSA) is 66.0 Å². The molecular weight excluding hydrogens is 360 g/mol. The van der Waals surface area contributed by atoms with Crippen LogP contribution in [0.25, 0.3) is 11.1 Å². The van der Waals surface area contributed by atoms with Crippen molar-refractivity contribution < 1.29 is 22.7 Å². The number of aromatic nitrogens is 2. The Balaban J connectivity index is 2.58. The third-order valence-corrected chi connectivity index (χ3v) is 3.15. The van der Waals surface area contributed by atoms with Crippen molar-refractivity contribution in [2.45, 2.75) is 12.3 Å². The van der Waals surface area contributed by atoms with Crippen molar-refractivity contribution >= 4 is 15.9 Å². The van der Waals surface area contributed by atoms with Crippen LogP contribution >= 0.6 is 15.9 Å². The standard InChI is InChI=1S/C12H7BrF4N2O2/c13-6-3-1-5(2-4-6)7-8(20)18-11(19-9(7)21)12(16,17)10(14)15/h1-4,10H,(H2,18,19,20,21). The summed E-state index contributed by atoms with van der Waals surface area (Å²) >= 11 is 3.16. The van der Waals surface area contributed by atoms with Gasteiger partial charge in [0.25, 0.3) is 5.56 Å². The number of nitrogens with zero attached hydrogens (tertiary/aromatic N) is 1. The van der Waals surface area contributed by atoms with Gasteiger partial charge in [0.15, 0.2) is 5.82 Å². The lowest BCUT2D eigenvalue weighted by molar-refractivity contribution is -0.141. The van der Waals surface area contributed by atoms with E-state index in [2.05, 4.69) is 20.9 Å². The molecule has 0 atom stereocenters. The van der Waals surface area contributed by atoms with E-state index < -0.39 is 29.6 Å². The Kier molecular flexibility index (Phi) is 4.04. The van der Waals surface area contributed by atoms with Gasteiger partial charge in [-0.25, -0.2) is 8.78 Å².